The van der Waals surface area contributed by atoms with E-state index < -0.39 is 0 Å². The zero-order chi connectivity index (χ0) is 21.6. The first-order valence-corrected chi connectivity index (χ1v) is 11.1. The molecule has 0 atom stereocenters. The highest BCUT2D eigenvalue weighted by Crippen LogP contribution is 2.29. The Kier molecular flexibility index (Phi) is 6.82. The predicted molar refractivity (Wildman–Crippen MR) is 120 cm³/mol. The molecule has 4 rings (SSSR count). The van der Waals surface area contributed by atoms with E-state index in [1.807, 2.05) is 42.3 Å². The molecule has 0 radical (unpaired) electrons. The molecule has 0 spiro atoms. The van der Waals surface area contributed by atoms with Gasteiger partial charge in [-0.2, -0.15) is 0 Å². The van der Waals surface area contributed by atoms with Gasteiger partial charge in [0.15, 0.2) is 0 Å². The average Bonchev–Trinajstić information content (AvgIpc) is 2.78. The number of nitrogens with one attached hydrogen (secondary N) is 1. The second-order valence-corrected chi connectivity index (χ2v) is 8.22. The van der Waals surface area contributed by atoms with Gasteiger partial charge in [0.2, 0.25) is 11.8 Å². The molecule has 3 heterocycles. The fourth-order valence-electron chi connectivity index (χ4n) is 4.22. The molecule has 2 fully saturated rings. The standard InChI is InChI=1S/C24H30N4O3/c1-2-31-17-23(29)27-12-9-19(10-13-27)18-5-7-21(8-6-18)26-24(30)20-15-28(16-20)22-4-3-11-25-14-22/h3-8,11,14,19-20H,2,9-10,12-13,15-17H2,1H3,(H,26,30). The number of rotatable bonds is 7. The Hall–Kier alpha value is -2.93. The van der Waals surface area contributed by atoms with Crippen molar-refractivity contribution in [1.82, 2.24) is 9.88 Å². The molecule has 2 aliphatic heterocycles. The highest BCUT2D eigenvalue weighted by atomic mass is 16.5. The zero-order valence-corrected chi connectivity index (χ0v) is 18.0. The zero-order valence-electron chi connectivity index (χ0n) is 18.0. The molecular weight excluding hydrogens is 392 g/mol. The van der Waals surface area contributed by atoms with E-state index in [2.05, 4.69) is 27.3 Å². The van der Waals surface area contributed by atoms with Crippen LogP contribution in [0.3, 0.4) is 0 Å². The Balaban J connectivity index is 1.23. The number of benzene rings is 1. The summed E-state index contributed by atoms with van der Waals surface area (Å²) in [6.45, 7) is 5.61. The second kappa shape index (κ2) is 9.92. The summed E-state index contributed by atoms with van der Waals surface area (Å²) in [6.07, 6.45) is 5.49. The fraction of sp³-hybridized carbons (Fsp3) is 0.458. The van der Waals surface area contributed by atoms with Gasteiger partial charge in [-0.3, -0.25) is 14.6 Å². The van der Waals surface area contributed by atoms with Gasteiger partial charge in [-0.15, -0.1) is 0 Å². The van der Waals surface area contributed by atoms with Crippen molar-refractivity contribution in [2.24, 2.45) is 5.92 Å². The molecule has 164 valence electrons. The van der Waals surface area contributed by atoms with E-state index >= 15 is 0 Å². The van der Waals surface area contributed by atoms with Crippen molar-refractivity contribution in [2.75, 3.05) is 49.6 Å². The van der Waals surface area contributed by atoms with Crippen LogP contribution in [0.1, 0.15) is 31.2 Å². The maximum atomic E-state index is 12.5. The normalized spacial score (nSPS) is 17.3. The molecular formula is C24H30N4O3. The summed E-state index contributed by atoms with van der Waals surface area (Å²) in [5.74, 6) is 0.587. The van der Waals surface area contributed by atoms with Gasteiger partial charge in [-0.25, -0.2) is 0 Å². The maximum Gasteiger partial charge on any atom is 0.248 e. The van der Waals surface area contributed by atoms with Crippen LogP contribution in [0.2, 0.25) is 0 Å². The van der Waals surface area contributed by atoms with Crippen molar-refractivity contribution in [3.63, 3.8) is 0 Å². The van der Waals surface area contributed by atoms with Crippen molar-refractivity contribution < 1.29 is 14.3 Å². The third-order valence-corrected chi connectivity index (χ3v) is 6.19. The molecule has 2 saturated heterocycles. The number of likely N-dealkylation sites (tertiary alicyclic amines) is 1. The van der Waals surface area contributed by atoms with Crippen LogP contribution in [-0.4, -0.2) is 61.1 Å². The molecule has 7 nitrogen and oxygen atoms in total. The molecule has 2 aliphatic rings. The molecule has 1 N–H and O–H groups in total. The van der Waals surface area contributed by atoms with Crippen molar-refractivity contribution in [3.8, 4) is 0 Å². The molecule has 2 aromatic rings. The number of amides is 2. The lowest BCUT2D eigenvalue weighted by molar-refractivity contribution is -0.137. The van der Waals surface area contributed by atoms with Gasteiger partial charge in [0.1, 0.15) is 6.61 Å². The summed E-state index contributed by atoms with van der Waals surface area (Å²) < 4.78 is 5.23. The summed E-state index contributed by atoms with van der Waals surface area (Å²) in [5.41, 5.74) is 3.15. The fourth-order valence-corrected chi connectivity index (χ4v) is 4.22. The van der Waals surface area contributed by atoms with Crippen LogP contribution in [0.15, 0.2) is 48.8 Å². The molecule has 1 aromatic heterocycles. The molecule has 31 heavy (non-hydrogen) atoms. The molecule has 0 bridgehead atoms. The van der Waals surface area contributed by atoms with Crippen LogP contribution in [0, 0.1) is 5.92 Å². The average molecular weight is 423 g/mol. The highest BCUT2D eigenvalue weighted by Gasteiger charge is 2.33. The van der Waals surface area contributed by atoms with E-state index in [9.17, 15) is 9.59 Å². The number of ether oxygens (including phenoxy) is 1. The van der Waals surface area contributed by atoms with E-state index in [-0.39, 0.29) is 24.3 Å². The maximum absolute atomic E-state index is 12.5. The van der Waals surface area contributed by atoms with E-state index in [0.717, 1.165) is 50.4 Å². The monoisotopic (exact) mass is 422 g/mol. The van der Waals surface area contributed by atoms with Crippen molar-refractivity contribution in [3.05, 3.63) is 54.4 Å². The summed E-state index contributed by atoms with van der Waals surface area (Å²) in [4.78, 5) is 32.8. The Morgan fingerprint density at radius 3 is 2.52 bits per heavy atom. The number of carbonyl (C=O) groups excluding carboxylic acids is 2. The summed E-state index contributed by atoms with van der Waals surface area (Å²) >= 11 is 0. The van der Waals surface area contributed by atoms with Crippen LogP contribution in [0.4, 0.5) is 11.4 Å². The Bertz CT molecular complexity index is 873. The van der Waals surface area contributed by atoms with Gasteiger partial charge < -0.3 is 19.9 Å². The molecule has 0 saturated carbocycles. The van der Waals surface area contributed by atoms with Crippen LogP contribution in [-0.2, 0) is 14.3 Å². The lowest BCUT2D eigenvalue weighted by Crippen LogP contribution is -2.52. The first-order valence-electron chi connectivity index (χ1n) is 11.1. The van der Waals surface area contributed by atoms with Gasteiger partial charge in [0.25, 0.3) is 0 Å². The minimum Gasteiger partial charge on any atom is -0.372 e. The quantitative estimate of drug-likeness (QED) is 0.743. The van der Waals surface area contributed by atoms with Crippen LogP contribution < -0.4 is 10.2 Å². The minimum absolute atomic E-state index is 0.00145. The SMILES string of the molecule is CCOCC(=O)N1CCC(c2ccc(NC(=O)C3CN(c4cccnc4)C3)cc2)CC1. The third kappa shape index (κ3) is 5.22. The Morgan fingerprint density at radius 2 is 1.87 bits per heavy atom. The lowest BCUT2D eigenvalue weighted by Gasteiger charge is -2.39. The number of nitrogens with zero attached hydrogens (tertiary/aromatic N) is 3. The molecule has 2 amide bonds. The molecule has 7 heteroatoms. The summed E-state index contributed by atoms with van der Waals surface area (Å²) in [5, 5.41) is 3.04. The summed E-state index contributed by atoms with van der Waals surface area (Å²) in [6, 6.07) is 12.1. The van der Waals surface area contributed by atoms with E-state index in [1.165, 1.54) is 5.56 Å². The Labute approximate surface area is 183 Å². The topological polar surface area (TPSA) is 74.8 Å². The second-order valence-electron chi connectivity index (χ2n) is 8.22. The predicted octanol–water partition coefficient (Wildman–Crippen LogP) is 2.90. The number of piperidine rings is 1. The van der Waals surface area contributed by atoms with E-state index in [0.29, 0.717) is 12.5 Å². The van der Waals surface area contributed by atoms with Crippen molar-refractivity contribution in [1.29, 1.82) is 0 Å². The van der Waals surface area contributed by atoms with Gasteiger partial charge in [-0.1, -0.05) is 12.1 Å². The molecule has 0 aliphatic carbocycles. The minimum atomic E-state index is -0.00145. The van der Waals surface area contributed by atoms with Crippen molar-refractivity contribution in [2.45, 2.75) is 25.7 Å². The highest BCUT2D eigenvalue weighted by molar-refractivity contribution is 5.94. The van der Waals surface area contributed by atoms with Gasteiger partial charge >= 0.3 is 0 Å². The van der Waals surface area contributed by atoms with E-state index in [1.54, 1.807) is 6.20 Å². The number of aromatic nitrogens is 1. The molecule has 1 aromatic carbocycles. The van der Waals surface area contributed by atoms with Crippen LogP contribution >= 0.6 is 0 Å². The third-order valence-electron chi connectivity index (χ3n) is 6.19. The number of hydrogen-bond donors (Lipinski definition) is 1. The van der Waals surface area contributed by atoms with Gasteiger partial charge in [0.05, 0.1) is 17.8 Å². The van der Waals surface area contributed by atoms with Gasteiger partial charge in [-0.05, 0) is 55.5 Å². The number of hydrogen-bond acceptors (Lipinski definition) is 5. The first-order chi connectivity index (χ1) is 15.1. The number of anilines is 2. The smallest absolute Gasteiger partial charge is 0.248 e. The van der Waals surface area contributed by atoms with Crippen LogP contribution in [0.5, 0.6) is 0 Å². The van der Waals surface area contributed by atoms with E-state index in [4.69, 9.17) is 4.74 Å². The van der Waals surface area contributed by atoms with Crippen LogP contribution in [0.25, 0.3) is 0 Å². The van der Waals surface area contributed by atoms with Gasteiger partial charge in [0, 0.05) is 44.7 Å². The number of carbonyl (C=O) groups is 2. The summed E-state index contributed by atoms with van der Waals surface area (Å²) in [7, 11) is 0. The largest absolute Gasteiger partial charge is 0.372 e. The first kappa shape index (κ1) is 21.3. The Morgan fingerprint density at radius 1 is 1.13 bits per heavy atom. The van der Waals surface area contributed by atoms with Crippen molar-refractivity contribution >= 4 is 23.2 Å². The lowest BCUT2D eigenvalue weighted by atomic mass is 9.89. The number of pyridine rings is 1. The molecule has 0 unspecified atom stereocenters.